The fourth-order valence-electron chi connectivity index (χ4n) is 2.98. The lowest BCUT2D eigenvalue weighted by atomic mass is 9.97. The number of nitrogens with one attached hydrogen (secondary N) is 1. The van der Waals surface area contributed by atoms with E-state index in [1.165, 1.54) is 5.56 Å². The van der Waals surface area contributed by atoms with Crippen LogP contribution in [0.5, 0.6) is 0 Å². The molecule has 6 heteroatoms. The Hall–Kier alpha value is -2.89. The molecule has 0 aliphatic rings. The number of aromatic amines is 1. The molecule has 2 aromatic rings. The molecule has 1 aromatic heterocycles. The van der Waals surface area contributed by atoms with Gasteiger partial charge in [-0.05, 0) is 44.2 Å². The Balaban J connectivity index is 2.06. The Morgan fingerprint density at radius 1 is 1.00 bits per heavy atom. The number of Topliss-reactive ketones (excluding diaryl/α,β-unsaturated/α-hetero) is 1. The predicted octanol–water partition coefficient (Wildman–Crippen LogP) is 4.36. The first-order chi connectivity index (χ1) is 13.3. The van der Waals surface area contributed by atoms with Crippen molar-refractivity contribution in [3.05, 3.63) is 57.9 Å². The maximum absolute atomic E-state index is 12.5. The van der Waals surface area contributed by atoms with E-state index in [0.29, 0.717) is 22.7 Å². The Kier molecular flexibility index (Phi) is 7.15. The summed E-state index contributed by atoms with van der Waals surface area (Å²) in [5, 5.41) is 0. The van der Waals surface area contributed by atoms with Gasteiger partial charge in [0, 0.05) is 11.3 Å². The summed E-state index contributed by atoms with van der Waals surface area (Å²) in [7, 11) is 0. The van der Waals surface area contributed by atoms with Crippen molar-refractivity contribution in [1.82, 2.24) is 4.98 Å². The summed E-state index contributed by atoms with van der Waals surface area (Å²) < 4.78 is 10.2. The number of hydrogen-bond acceptors (Lipinski definition) is 5. The van der Waals surface area contributed by atoms with Crippen molar-refractivity contribution in [3.63, 3.8) is 0 Å². The lowest BCUT2D eigenvalue weighted by Crippen LogP contribution is -2.15. The van der Waals surface area contributed by atoms with E-state index in [0.717, 1.165) is 6.42 Å². The molecule has 1 heterocycles. The standard InChI is InChI=1S/C22H27NO5/c1-6-13(3)16-8-10-17(11-9-16)18(24)12-28-21(25)19-14(4)20(23-15(19)5)22(26)27-7-2/h8-11,13,23H,6-7,12H2,1-5H3/t13-/m1/s1. The second-order valence-electron chi connectivity index (χ2n) is 6.78. The molecule has 2 rings (SSSR count). The number of ether oxygens (including phenoxy) is 2. The van der Waals surface area contributed by atoms with Gasteiger partial charge in [0.25, 0.3) is 0 Å². The van der Waals surface area contributed by atoms with Gasteiger partial charge in [0.05, 0.1) is 12.2 Å². The maximum Gasteiger partial charge on any atom is 0.355 e. The van der Waals surface area contributed by atoms with Gasteiger partial charge in [0.15, 0.2) is 12.4 Å². The van der Waals surface area contributed by atoms with Gasteiger partial charge >= 0.3 is 11.9 Å². The van der Waals surface area contributed by atoms with Crippen LogP contribution in [0.3, 0.4) is 0 Å². The largest absolute Gasteiger partial charge is 0.461 e. The van der Waals surface area contributed by atoms with E-state index in [2.05, 4.69) is 18.8 Å². The van der Waals surface area contributed by atoms with Crippen LogP contribution in [0.25, 0.3) is 0 Å². The highest BCUT2D eigenvalue weighted by Crippen LogP contribution is 2.21. The molecule has 28 heavy (non-hydrogen) atoms. The van der Waals surface area contributed by atoms with Crippen LogP contribution in [0.2, 0.25) is 0 Å². The van der Waals surface area contributed by atoms with E-state index >= 15 is 0 Å². The van der Waals surface area contributed by atoms with Crippen LogP contribution in [0.15, 0.2) is 24.3 Å². The van der Waals surface area contributed by atoms with Gasteiger partial charge < -0.3 is 14.5 Å². The molecule has 0 aliphatic carbocycles. The predicted molar refractivity (Wildman–Crippen MR) is 106 cm³/mol. The number of aryl methyl sites for hydroxylation is 1. The number of benzene rings is 1. The molecule has 150 valence electrons. The van der Waals surface area contributed by atoms with Crippen LogP contribution in [-0.4, -0.2) is 35.9 Å². The average Bonchev–Trinajstić information content (AvgIpc) is 2.99. The molecule has 0 spiro atoms. The van der Waals surface area contributed by atoms with Crippen LogP contribution in [0, 0.1) is 13.8 Å². The number of esters is 2. The van der Waals surface area contributed by atoms with Crippen LogP contribution >= 0.6 is 0 Å². The van der Waals surface area contributed by atoms with Crippen molar-refractivity contribution in [2.24, 2.45) is 0 Å². The Labute approximate surface area is 165 Å². The summed E-state index contributed by atoms with van der Waals surface area (Å²) in [6.45, 7) is 9.13. The average molecular weight is 385 g/mol. The van der Waals surface area contributed by atoms with Crippen LogP contribution in [-0.2, 0) is 9.47 Å². The quantitative estimate of drug-likeness (QED) is 0.539. The summed E-state index contributed by atoms with van der Waals surface area (Å²) in [6.07, 6.45) is 1.02. The third-order valence-electron chi connectivity index (χ3n) is 4.87. The molecule has 0 aliphatic heterocycles. The number of carbonyl (C=O) groups excluding carboxylic acids is 3. The zero-order valence-electron chi connectivity index (χ0n) is 17.0. The SMILES string of the molecule is CCOC(=O)c1[nH]c(C)c(C(=O)OCC(=O)c2ccc([C@H](C)CC)cc2)c1C. The molecule has 0 amide bonds. The van der Waals surface area contributed by atoms with Gasteiger partial charge in [-0.1, -0.05) is 38.1 Å². The van der Waals surface area contributed by atoms with Gasteiger partial charge in [0.1, 0.15) is 5.69 Å². The first-order valence-corrected chi connectivity index (χ1v) is 9.46. The summed E-state index contributed by atoms with van der Waals surface area (Å²) in [5.74, 6) is -1.03. The van der Waals surface area contributed by atoms with Crippen LogP contribution in [0.4, 0.5) is 0 Å². The fourth-order valence-corrected chi connectivity index (χ4v) is 2.98. The van der Waals surface area contributed by atoms with E-state index in [9.17, 15) is 14.4 Å². The molecule has 0 saturated heterocycles. The second-order valence-corrected chi connectivity index (χ2v) is 6.78. The first kappa shape index (κ1) is 21.4. The molecule has 6 nitrogen and oxygen atoms in total. The van der Waals surface area contributed by atoms with E-state index in [-0.39, 0.29) is 30.3 Å². The first-order valence-electron chi connectivity index (χ1n) is 9.46. The van der Waals surface area contributed by atoms with Gasteiger partial charge in [-0.3, -0.25) is 4.79 Å². The topological polar surface area (TPSA) is 85.5 Å². The van der Waals surface area contributed by atoms with Crippen LogP contribution in [0.1, 0.15) is 81.1 Å². The molecule has 0 fully saturated rings. The normalized spacial score (nSPS) is 11.8. The highest BCUT2D eigenvalue weighted by molar-refractivity contribution is 6.01. The molecule has 1 atom stereocenters. The number of hydrogen-bond donors (Lipinski definition) is 1. The molecule has 0 bridgehead atoms. The lowest BCUT2D eigenvalue weighted by Gasteiger charge is -2.10. The number of aromatic nitrogens is 1. The number of H-pyrrole nitrogens is 1. The molecular weight excluding hydrogens is 358 g/mol. The lowest BCUT2D eigenvalue weighted by molar-refractivity contribution is 0.0473. The summed E-state index contributed by atoms with van der Waals surface area (Å²) >= 11 is 0. The Bertz CT molecular complexity index is 864. The van der Waals surface area contributed by atoms with Crippen molar-refractivity contribution < 1.29 is 23.9 Å². The Morgan fingerprint density at radius 3 is 2.21 bits per heavy atom. The van der Waals surface area contributed by atoms with Crippen molar-refractivity contribution in [1.29, 1.82) is 0 Å². The van der Waals surface area contributed by atoms with Gasteiger partial charge in [-0.2, -0.15) is 0 Å². The van der Waals surface area contributed by atoms with E-state index in [4.69, 9.17) is 9.47 Å². The minimum atomic E-state index is -0.647. The Morgan fingerprint density at radius 2 is 1.64 bits per heavy atom. The minimum absolute atomic E-state index is 0.221. The third kappa shape index (κ3) is 4.68. The zero-order chi connectivity index (χ0) is 20.8. The van der Waals surface area contributed by atoms with E-state index in [1.807, 2.05) is 12.1 Å². The van der Waals surface area contributed by atoms with Crippen molar-refractivity contribution in [3.8, 4) is 0 Å². The van der Waals surface area contributed by atoms with Gasteiger partial charge in [-0.15, -0.1) is 0 Å². The monoisotopic (exact) mass is 385 g/mol. The second kappa shape index (κ2) is 9.35. The smallest absolute Gasteiger partial charge is 0.355 e. The summed E-state index contributed by atoms with van der Waals surface area (Å²) in [4.78, 5) is 39.6. The fraction of sp³-hybridized carbons (Fsp3) is 0.409. The molecule has 0 saturated carbocycles. The van der Waals surface area contributed by atoms with Crippen LogP contribution < -0.4 is 0 Å². The highest BCUT2D eigenvalue weighted by atomic mass is 16.5. The van der Waals surface area contributed by atoms with E-state index < -0.39 is 11.9 Å². The van der Waals surface area contributed by atoms with Gasteiger partial charge in [-0.25, -0.2) is 9.59 Å². The summed E-state index contributed by atoms with van der Waals surface area (Å²) in [6, 6.07) is 7.36. The van der Waals surface area contributed by atoms with E-state index in [1.54, 1.807) is 32.9 Å². The molecule has 1 aromatic carbocycles. The van der Waals surface area contributed by atoms with Crippen molar-refractivity contribution in [2.45, 2.75) is 47.0 Å². The number of rotatable bonds is 8. The molecule has 0 radical (unpaired) electrons. The third-order valence-corrected chi connectivity index (χ3v) is 4.87. The molecular formula is C22H27NO5. The highest BCUT2D eigenvalue weighted by Gasteiger charge is 2.24. The molecule has 0 unspecified atom stereocenters. The number of ketones is 1. The maximum atomic E-state index is 12.5. The minimum Gasteiger partial charge on any atom is -0.461 e. The molecule has 1 N–H and O–H groups in total. The van der Waals surface area contributed by atoms with Crippen molar-refractivity contribution in [2.75, 3.05) is 13.2 Å². The van der Waals surface area contributed by atoms with Gasteiger partial charge in [0.2, 0.25) is 0 Å². The summed E-state index contributed by atoms with van der Waals surface area (Å²) in [5.41, 5.74) is 3.08. The number of carbonyl (C=O) groups is 3. The zero-order valence-corrected chi connectivity index (χ0v) is 17.0. The van der Waals surface area contributed by atoms with Crippen molar-refractivity contribution >= 4 is 17.7 Å².